The van der Waals surface area contributed by atoms with Crippen molar-refractivity contribution in [3.8, 4) is 0 Å². The quantitative estimate of drug-likeness (QED) is 0.694. The van der Waals surface area contributed by atoms with Crippen LogP contribution in [0.25, 0.3) is 0 Å². The molecule has 1 aromatic rings. The molecule has 0 spiro atoms. The summed E-state index contributed by atoms with van der Waals surface area (Å²) in [6.07, 6.45) is 2.29. The van der Waals surface area contributed by atoms with Gasteiger partial charge in [0.05, 0.1) is 5.60 Å². The zero-order valence-electron chi connectivity index (χ0n) is 7.93. The Hall–Kier alpha value is -0.970. The van der Waals surface area contributed by atoms with Gasteiger partial charge >= 0.3 is 0 Å². The van der Waals surface area contributed by atoms with E-state index >= 15 is 0 Å². The lowest BCUT2D eigenvalue weighted by molar-refractivity contribution is -0.0685. The Balaban J connectivity index is 2.03. The van der Waals surface area contributed by atoms with E-state index in [1.807, 2.05) is 0 Å². The first-order valence-electron chi connectivity index (χ1n) is 4.53. The van der Waals surface area contributed by atoms with Gasteiger partial charge in [-0.05, 0) is 29.2 Å². The predicted molar refractivity (Wildman–Crippen MR) is 45.8 cm³/mol. The van der Waals surface area contributed by atoms with E-state index in [4.69, 9.17) is 0 Å². The molecule has 1 saturated carbocycles. The van der Waals surface area contributed by atoms with Gasteiger partial charge in [0.15, 0.2) is 5.82 Å². The third kappa shape index (κ3) is 1.56. The standard InChI is InChI=1S/C8H14N4O/c1-6-3-8(13,4-6)5-7-9-10-11-12(7)2/h6,13H,3-5H2,1-2H3. The van der Waals surface area contributed by atoms with Crippen molar-refractivity contribution in [2.24, 2.45) is 13.0 Å². The molecule has 0 aromatic carbocycles. The SMILES string of the molecule is CC1CC(O)(Cc2nnnn2C)C1. The first kappa shape index (κ1) is 8.62. The molecule has 5 heteroatoms. The van der Waals surface area contributed by atoms with E-state index in [0.717, 1.165) is 18.7 Å². The molecule has 1 heterocycles. The Kier molecular flexibility index (Phi) is 1.83. The van der Waals surface area contributed by atoms with Gasteiger partial charge in [-0.1, -0.05) is 6.92 Å². The first-order chi connectivity index (χ1) is 6.09. The van der Waals surface area contributed by atoms with Crippen molar-refractivity contribution >= 4 is 0 Å². The lowest BCUT2D eigenvalue weighted by atomic mass is 9.70. The minimum absolute atomic E-state index is 0.554. The third-order valence-corrected chi connectivity index (χ3v) is 2.65. The predicted octanol–water partition coefficient (Wildman–Crippen LogP) is -0.0864. The molecule has 0 atom stereocenters. The number of tetrazole rings is 1. The number of hydrogen-bond donors (Lipinski definition) is 1. The molecule has 13 heavy (non-hydrogen) atoms. The van der Waals surface area contributed by atoms with Crippen LogP contribution < -0.4 is 0 Å². The van der Waals surface area contributed by atoms with E-state index in [1.54, 1.807) is 11.7 Å². The summed E-state index contributed by atoms with van der Waals surface area (Å²) in [5.41, 5.74) is -0.554. The molecular weight excluding hydrogens is 168 g/mol. The maximum atomic E-state index is 9.97. The van der Waals surface area contributed by atoms with Crippen LogP contribution >= 0.6 is 0 Å². The molecule has 1 aliphatic rings. The number of nitrogens with zero attached hydrogens (tertiary/aromatic N) is 4. The van der Waals surface area contributed by atoms with E-state index in [0.29, 0.717) is 12.3 Å². The van der Waals surface area contributed by atoms with E-state index < -0.39 is 5.60 Å². The van der Waals surface area contributed by atoms with Gasteiger partial charge in [-0.25, -0.2) is 4.68 Å². The van der Waals surface area contributed by atoms with Crippen molar-refractivity contribution in [3.63, 3.8) is 0 Å². The lowest BCUT2D eigenvalue weighted by Gasteiger charge is -2.41. The van der Waals surface area contributed by atoms with Gasteiger partial charge in [0.25, 0.3) is 0 Å². The molecule has 1 aromatic heterocycles. The van der Waals surface area contributed by atoms with Gasteiger partial charge < -0.3 is 5.11 Å². The topological polar surface area (TPSA) is 63.8 Å². The summed E-state index contributed by atoms with van der Waals surface area (Å²) in [5.74, 6) is 1.39. The number of hydrogen-bond acceptors (Lipinski definition) is 4. The molecular formula is C8H14N4O. The summed E-state index contributed by atoms with van der Waals surface area (Å²) in [6.45, 7) is 2.14. The maximum absolute atomic E-state index is 9.97. The van der Waals surface area contributed by atoms with Crippen LogP contribution in [-0.4, -0.2) is 30.9 Å². The number of rotatable bonds is 2. The molecule has 0 bridgehead atoms. The summed E-state index contributed by atoms with van der Waals surface area (Å²) < 4.78 is 1.61. The van der Waals surface area contributed by atoms with Crippen molar-refractivity contribution in [1.82, 2.24) is 20.2 Å². The summed E-state index contributed by atoms with van der Waals surface area (Å²) >= 11 is 0. The van der Waals surface area contributed by atoms with Crippen LogP contribution in [0.15, 0.2) is 0 Å². The minimum atomic E-state index is -0.554. The number of aryl methyl sites for hydroxylation is 1. The minimum Gasteiger partial charge on any atom is -0.389 e. The normalized spacial score (nSPS) is 33.0. The van der Waals surface area contributed by atoms with Gasteiger partial charge in [-0.15, -0.1) is 5.10 Å². The van der Waals surface area contributed by atoms with Crippen LogP contribution in [0.3, 0.4) is 0 Å². The molecule has 0 amide bonds. The smallest absolute Gasteiger partial charge is 0.153 e. The van der Waals surface area contributed by atoms with Crippen molar-refractivity contribution in [1.29, 1.82) is 0 Å². The average molecular weight is 182 g/mol. The molecule has 1 N–H and O–H groups in total. The molecule has 0 radical (unpaired) electrons. The van der Waals surface area contributed by atoms with Crippen molar-refractivity contribution in [3.05, 3.63) is 5.82 Å². The van der Waals surface area contributed by atoms with Gasteiger partial charge in [0.1, 0.15) is 0 Å². The van der Waals surface area contributed by atoms with Gasteiger partial charge in [-0.3, -0.25) is 0 Å². The highest BCUT2D eigenvalue weighted by Crippen LogP contribution is 2.39. The second-order valence-corrected chi connectivity index (χ2v) is 4.13. The number of aliphatic hydroxyl groups is 1. The summed E-state index contributed by atoms with van der Waals surface area (Å²) in [6, 6.07) is 0. The fraction of sp³-hybridized carbons (Fsp3) is 0.875. The zero-order chi connectivity index (χ0) is 9.47. The van der Waals surface area contributed by atoms with Crippen molar-refractivity contribution < 1.29 is 5.11 Å². The molecule has 5 nitrogen and oxygen atoms in total. The molecule has 72 valence electrons. The van der Waals surface area contributed by atoms with E-state index in [9.17, 15) is 5.11 Å². The third-order valence-electron chi connectivity index (χ3n) is 2.65. The second kappa shape index (κ2) is 2.77. The molecule has 0 saturated heterocycles. The first-order valence-corrected chi connectivity index (χ1v) is 4.53. The Morgan fingerprint density at radius 3 is 2.77 bits per heavy atom. The zero-order valence-corrected chi connectivity index (χ0v) is 7.93. The average Bonchev–Trinajstić information content (AvgIpc) is 2.33. The number of aromatic nitrogens is 4. The Morgan fingerprint density at radius 2 is 2.31 bits per heavy atom. The van der Waals surface area contributed by atoms with Gasteiger partial charge in [0.2, 0.25) is 0 Å². The maximum Gasteiger partial charge on any atom is 0.153 e. The molecule has 2 rings (SSSR count). The van der Waals surface area contributed by atoms with Gasteiger partial charge in [-0.2, -0.15) is 0 Å². The van der Waals surface area contributed by atoms with Crippen LogP contribution in [0, 0.1) is 5.92 Å². The van der Waals surface area contributed by atoms with Crippen LogP contribution in [0.5, 0.6) is 0 Å². The highest BCUT2D eigenvalue weighted by atomic mass is 16.3. The van der Waals surface area contributed by atoms with Crippen LogP contribution in [0.4, 0.5) is 0 Å². The van der Waals surface area contributed by atoms with Crippen LogP contribution in [0.1, 0.15) is 25.6 Å². The summed E-state index contributed by atoms with van der Waals surface area (Å²) in [7, 11) is 1.79. The van der Waals surface area contributed by atoms with E-state index in [-0.39, 0.29) is 0 Å². The monoisotopic (exact) mass is 182 g/mol. The Bertz CT molecular complexity index is 303. The van der Waals surface area contributed by atoms with Crippen molar-refractivity contribution in [2.45, 2.75) is 31.8 Å². The highest BCUT2D eigenvalue weighted by molar-refractivity contribution is 4.99. The molecule has 0 aliphatic heterocycles. The highest BCUT2D eigenvalue weighted by Gasteiger charge is 2.41. The van der Waals surface area contributed by atoms with E-state index in [1.165, 1.54) is 0 Å². The summed E-state index contributed by atoms with van der Waals surface area (Å²) in [5, 5.41) is 21.1. The second-order valence-electron chi connectivity index (χ2n) is 4.13. The van der Waals surface area contributed by atoms with Gasteiger partial charge in [0, 0.05) is 13.5 Å². The Labute approximate surface area is 76.8 Å². The largest absolute Gasteiger partial charge is 0.389 e. The van der Waals surface area contributed by atoms with E-state index in [2.05, 4.69) is 22.4 Å². The lowest BCUT2D eigenvalue weighted by Crippen LogP contribution is -2.45. The fourth-order valence-corrected chi connectivity index (χ4v) is 2.07. The Morgan fingerprint density at radius 1 is 1.62 bits per heavy atom. The fourth-order valence-electron chi connectivity index (χ4n) is 2.07. The molecule has 1 aliphatic carbocycles. The van der Waals surface area contributed by atoms with Crippen molar-refractivity contribution in [2.75, 3.05) is 0 Å². The molecule has 0 unspecified atom stereocenters. The molecule has 1 fully saturated rings. The van der Waals surface area contributed by atoms with Crippen LogP contribution in [0.2, 0.25) is 0 Å². The summed E-state index contributed by atoms with van der Waals surface area (Å²) in [4.78, 5) is 0. The van der Waals surface area contributed by atoms with Crippen LogP contribution in [-0.2, 0) is 13.5 Å².